The second kappa shape index (κ2) is 6.43. The average molecular weight is 300 g/mol. The Balaban J connectivity index is 2.24. The lowest BCUT2D eigenvalue weighted by Crippen LogP contribution is -2.26. The third kappa shape index (κ3) is 3.41. The smallest absolute Gasteiger partial charge is 0.244 e. The second-order valence-electron chi connectivity index (χ2n) is 4.79. The molecule has 20 heavy (non-hydrogen) atoms. The summed E-state index contributed by atoms with van der Waals surface area (Å²) in [6.07, 6.45) is 2.78. The maximum Gasteiger partial charge on any atom is 0.244 e. The maximum absolute atomic E-state index is 12.3. The van der Waals surface area contributed by atoms with Crippen LogP contribution in [0.4, 0.5) is 5.69 Å². The van der Waals surface area contributed by atoms with Crippen molar-refractivity contribution in [2.75, 3.05) is 25.5 Å². The first kappa shape index (κ1) is 15.1. The Kier molecular flexibility index (Phi) is 4.85. The molecule has 0 spiro atoms. The van der Waals surface area contributed by atoms with Gasteiger partial charge in [-0.25, -0.2) is 13.1 Å². The number of benzene rings is 1. The van der Waals surface area contributed by atoms with Gasteiger partial charge < -0.3 is 15.6 Å². The largest absolute Gasteiger partial charge is 0.492 e. The summed E-state index contributed by atoms with van der Waals surface area (Å²) in [5.74, 6) is 0.417. The highest BCUT2D eigenvalue weighted by molar-refractivity contribution is 7.89. The van der Waals surface area contributed by atoms with Gasteiger partial charge in [-0.3, -0.25) is 0 Å². The molecule has 4 N–H and O–H groups in total. The number of unbranched alkanes of at least 4 members (excludes halogenated alkanes) is 1. The number of sulfonamides is 1. The summed E-state index contributed by atoms with van der Waals surface area (Å²) in [6.45, 7) is 0.856. The average Bonchev–Trinajstić information content (AvgIpc) is 2.42. The standard InChI is InChI=1S/C13H20N2O4S/c14-11-8-10-4-3-7-19-13(10)12(9-11)20(17,18)15-5-1-2-6-16/h8-9,15-16H,1-7,14H2. The Morgan fingerprint density at radius 3 is 2.90 bits per heavy atom. The van der Waals surface area contributed by atoms with E-state index in [9.17, 15) is 8.42 Å². The molecule has 1 heterocycles. The Morgan fingerprint density at radius 2 is 2.15 bits per heavy atom. The van der Waals surface area contributed by atoms with E-state index in [-0.39, 0.29) is 18.0 Å². The van der Waals surface area contributed by atoms with E-state index < -0.39 is 10.0 Å². The SMILES string of the molecule is Nc1cc2c(c(S(=O)(=O)NCCCCO)c1)OCCC2. The van der Waals surface area contributed by atoms with Crippen molar-refractivity contribution in [2.45, 2.75) is 30.6 Å². The molecule has 1 aliphatic rings. The van der Waals surface area contributed by atoms with Crippen molar-refractivity contribution >= 4 is 15.7 Å². The van der Waals surface area contributed by atoms with Crippen LogP contribution in [-0.2, 0) is 16.4 Å². The van der Waals surface area contributed by atoms with Crippen LogP contribution < -0.4 is 15.2 Å². The first-order chi connectivity index (χ1) is 9.54. The Hall–Kier alpha value is -1.31. The molecule has 0 bridgehead atoms. The van der Waals surface area contributed by atoms with E-state index in [2.05, 4.69) is 4.72 Å². The highest BCUT2D eigenvalue weighted by Gasteiger charge is 2.24. The van der Waals surface area contributed by atoms with Crippen molar-refractivity contribution in [1.82, 2.24) is 4.72 Å². The summed E-state index contributed by atoms with van der Waals surface area (Å²) < 4.78 is 32.6. The van der Waals surface area contributed by atoms with Crippen LogP contribution in [0, 0.1) is 0 Å². The molecule has 0 unspecified atom stereocenters. The van der Waals surface area contributed by atoms with Crippen LogP contribution in [0.1, 0.15) is 24.8 Å². The molecule has 6 nitrogen and oxygen atoms in total. The highest BCUT2D eigenvalue weighted by atomic mass is 32.2. The van der Waals surface area contributed by atoms with E-state index in [0.717, 1.165) is 18.4 Å². The first-order valence-electron chi connectivity index (χ1n) is 6.70. The van der Waals surface area contributed by atoms with E-state index in [1.165, 1.54) is 6.07 Å². The van der Waals surface area contributed by atoms with Gasteiger partial charge in [0.2, 0.25) is 10.0 Å². The van der Waals surface area contributed by atoms with Crippen LogP contribution >= 0.6 is 0 Å². The number of hydrogen-bond donors (Lipinski definition) is 3. The van der Waals surface area contributed by atoms with Crippen LogP contribution in [-0.4, -0.2) is 33.3 Å². The quantitative estimate of drug-likeness (QED) is 0.529. The summed E-state index contributed by atoms with van der Waals surface area (Å²) in [5.41, 5.74) is 7.04. The normalized spacial score (nSPS) is 14.7. The van der Waals surface area contributed by atoms with Gasteiger partial charge in [0.15, 0.2) is 0 Å². The zero-order valence-corrected chi connectivity index (χ0v) is 12.1. The topological polar surface area (TPSA) is 102 Å². The van der Waals surface area contributed by atoms with Crippen molar-refractivity contribution in [2.24, 2.45) is 0 Å². The number of nitrogen functional groups attached to an aromatic ring is 1. The summed E-state index contributed by atoms with van der Waals surface area (Å²) in [6, 6.07) is 3.19. The summed E-state index contributed by atoms with van der Waals surface area (Å²) in [5, 5.41) is 8.69. The fourth-order valence-electron chi connectivity index (χ4n) is 2.19. The minimum atomic E-state index is -3.64. The number of rotatable bonds is 6. The first-order valence-corrected chi connectivity index (χ1v) is 8.18. The Bertz CT molecular complexity index is 572. The van der Waals surface area contributed by atoms with Gasteiger partial charge >= 0.3 is 0 Å². The van der Waals surface area contributed by atoms with Gasteiger partial charge in [-0.05, 0) is 43.4 Å². The second-order valence-corrected chi connectivity index (χ2v) is 6.52. The minimum absolute atomic E-state index is 0.0541. The van der Waals surface area contributed by atoms with E-state index in [1.54, 1.807) is 6.07 Å². The molecule has 0 aromatic heterocycles. The van der Waals surface area contributed by atoms with E-state index in [1.807, 2.05) is 0 Å². The molecule has 1 aliphatic heterocycles. The third-order valence-corrected chi connectivity index (χ3v) is 4.62. The van der Waals surface area contributed by atoms with Crippen LogP contribution in [0.3, 0.4) is 0 Å². The predicted molar refractivity (Wildman–Crippen MR) is 76.2 cm³/mol. The van der Waals surface area contributed by atoms with Crippen LogP contribution in [0.2, 0.25) is 0 Å². The molecule has 7 heteroatoms. The van der Waals surface area contributed by atoms with Gasteiger partial charge in [0.05, 0.1) is 6.61 Å². The number of aryl methyl sites for hydroxylation is 1. The van der Waals surface area contributed by atoms with Gasteiger partial charge in [-0.15, -0.1) is 0 Å². The number of aliphatic hydroxyl groups is 1. The minimum Gasteiger partial charge on any atom is -0.492 e. The lowest BCUT2D eigenvalue weighted by Gasteiger charge is -2.21. The van der Waals surface area contributed by atoms with Crippen molar-refractivity contribution in [3.63, 3.8) is 0 Å². The molecular formula is C13H20N2O4S. The monoisotopic (exact) mass is 300 g/mol. The zero-order valence-electron chi connectivity index (χ0n) is 11.3. The van der Waals surface area contributed by atoms with Gasteiger partial charge in [0.25, 0.3) is 0 Å². The predicted octanol–water partition coefficient (Wildman–Crippen LogP) is 0.645. The lowest BCUT2D eigenvalue weighted by atomic mass is 10.1. The van der Waals surface area contributed by atoms with E-state index in [4.69, 9.17) is 15.6 Å². The molecule has 0 radical (unpaired) electrons. The molecule has 1 aromatic rings. The van der Waals surface area contributed by atoms with Gasteiger partial charge in [-0.2, -0.15) is 0 Å². The van der Waals surface area contributed by atoms with Gasteiger partial charge in [0, 0.05) is 18.8 Å². The van der Waals surface area contributed by atoms with Crippen molar-refractivity contribution in [1.29, 1.82) is 0 Å². The molecule has 1 aromatic carbocycles. The number of anilines is 1. The number of ether oxygens (including phenoxy) is 1. The molecule has 0 aliphatic carbocycles. The van der Waals surface area contributed by atoms with Crippen molar-refractivity contribution in [3.05, 3.63) is 17.7 Å². The highest BCUT2D eigenvalue weighted by Crippen LogP contribution is 2.34. The summed E-state index contributed by atoms with van der Waals surface area (Å²) in [7, 11) is -3.64. The van der Waals surface area contributed by atoms with Gasteiger partial charge in [0.1, 0.15) is 10.6 Å². The fraction of sp³-hybridized carbons (Fsp3) is 0.538. The summed E-state index contributed by atoms with van der Waals surface area (Å²) >= 11 is 0. The third-order valence-electron chi connectivity index (χ3n) is 3.16. The number of fused-ring (bicyclic) bond motifs is 1. The fourth-order valence-corrected chi connectivity index (χ4v) is 3.48. The van der Waals surface area contributed by atoms with E-state index >= 15 is 0 Å². The van der Waals surface area contributed by atoms with E-state index in [0.29, 0.717) is 30.9 Å². The van der Waals surface area contributed by atoms with Crippen LogP contribution in [0.15, 0.2) is 17.0 Å². The molecule has 112 valence electrons. The molecule has 2 rings (SSSR count). The lowest BCUT2D eigenvalue weighted by molar-refractivity contribution is 0.280. The number of hydrogen-bond acceptors (Lipinski definition) is 5. The number of nitrogens with two attached hydrogens (primary N) is 1. The molecule has 0 atom stereocenters. The van der Waals surface area contributed by atoms with Crippen molar-refractivity contribution in [3.8, 4) is 5.75 Å². The number of aliphatic hydroxyl groups excluding tert-OH is 1. The Labute approximate surface area is 119 Å². The number of nitrogens with one attached hydrogen (secondary N) is 1. The van der Waals surface area contributed by atoms with Crippen molar-refractivity contribution < 1.29 is 18.3 Å². The zero-order chi connectivity index (χ0) is 14.6. The maximum atomic E-state index is 12.3. The summed E-state index contributed by atoms with van der Waals surface area (Å²) in [4.78, 5) is 0.108. The van der Waals surface area contributed by atoms with Gasteiger partial charge in [-0.1, -0.05) is 0 Å². The molecule has 0 saturated heterocycles. The molecule has 0 amide bonds. The molecular weight excluding hydrogens is 280 g/mol. The van der Waals surface area contributed by atoms with Crippen LogP contribution in [0.25, 0.3) is 0 Å². The molecule has 0 fully saturated rings. The Morgan fingerprint density at radius 1 is 1.35 bits per heavy atom. The van der Waals surface area contributed by atoms with Crippen LogP contribution in [0.5, 0.6) is 5.75 Å². The molecule has 0 saturated carbocycles.